The standard InChI is InChI=1S/C11H17N3O4S.ClH/c1-8-6-9(14(15)16)4-5-10(8)19(17,18)13-7-11(2,3)12;/h4-6,13H,7,12H2,1-3H3;1H. The van der Waals surface area contributed by atoms with Crippen LogP contribution >= 0.6 is 12.4 Å². The van der Waals surface area contributed by atoms with Gasteiger partial charge in [0, 0.05) is 24.2 Å². The Bertz CT molecular complexity index is 596. The molecule has 0 heterocycles. The molecule has 0 aromatic heterocycles. The van der Waals surface area contributed by atoms with E-state index < -0.39 is 20.5 Å². The number of aryl methyl sites for hydroxylation is 1. The molecule has 114 valence electrons. The average molecular weight is 324 g/mol. The van der Waals surface area contributed by atoms with Crippen LogP contribution in [-0.4, -0.2) is 25.4 Å². The molecule has 0 aliphatic carbocycles. The van der Waals surface area contributed by atoms with E-state index in [0.29, 0.717) is 5.56 Å². The second-order valence-electron chi connectivity index (χ2n) is 5.02. The molecule has 7 nitrogen and oxygen atoms in total. The Kier molecular flexibility index (Phi) is 6.09. The number of hydrogen-bond donors (Lipinski definition) is 2. The minimum Gasteiger partial charge on any atom is -0.324 e. The molecule has 0 aliphatic heterocycles. The van der Waals surface area contributed by atoms with E-state index in [9.17, 15) is 18.5 Å². The summed E-state index contributed by atoms with van der Waals surface area (Å²) >= 11 is 0. The molecular formula is C11H18ClN3O4S. The maximum Gasteiger partial charge on any atom is 0.269 e. The van der Waals surface area contributed by atoms with E-state index >= 15 is 0 Å². The fourth-order valence-electron chi connectivity index (χ4n) is 1.41. The molecule has 0 amide bonds. The van der Waals surface area contributed by atoms with Crippen LogP contribution in [0.4, 0.5) is 5.69 Å². The van der Waals surface area contributed by atoms with E-state index in [4.69, 9.17) is 5.73 Å². The van der Waals surface area contributed by atoms with Crippen molar-refractivity contribution in [2.24, 2.45) is 5.73 Å². The fourth-order valence-corrected chi connectivity index (χ4v) is 2.85. The van der Waals surface area contributed by atoms with Crippen molar-refractivity contribution in [2.75, 3.05) is 6.54 Å². The number of sulfonamides is 1. The van der Waals surface area contributed by atoms with Crippen molar-refractivity contribution in [3.63, 3.8) is 0 Å². The predicted octanol–water partition coefficient (Wildman–Crippen LogP) is 1.34. The lowest BCUT2D eigenvalue weighted by Gasteiger charge is -2.19. The lowest BCUT2D eigenvalue weighted by atomic mass is 10.1. The average Bonchev–Trinajstić information content (AvgIpc) is 2.25. The highest BCUT2D eigenvalue weighted by Crippen LogP contribution is 2.21. The number of nitrogens with zero attached hydrogens (tertiary/aromatic N) is 1. The van der Waals surface area contributed by atoms with Gasteiger partial charge in [0.05, 0.1) is 9.82 Å². The van der Waals surface area contributed by atoms with Crippen LogP contribution < -0.4 is 10.5 Å². The zero-order valence-corrected chi connectivity index (χ0v) is 13.0. The Labute approximate surface area is 124 Å². The molecule has 0 unspecified atom stereocenters. The van der Waals surface area contributed by atoms with Crippen molar-refractivity contribution in [2.45, 2.75) is 31.2 Å². The van der Waals surface area contributed by atoms with Crippen LogP contribution in [0, 0.1) is 17.0 Å². The van der Waals surface area contributed by atoms with Gasteiger partial charge < -0.3 is 5.73 Å². The first-order chi connectivity index (χ1) is 8.53. The molecule has 0 saturated heterocycles. The van der Waals surface area contributed by atoms with Crippen molar-refractivity contribution >= 4 is 28.1 Å². The van der Waals surface area contributed by atoms with E-state index in [1.54, 1.807) is 13.8 Å². The number of nitrogens with two attached hydrogens (primary N) is 1. The number of rotatable bonds is 5. The monoisotopic (exact) mass is 323 g/mol. The SMILES string of the molecule is Cc1cc([N+](=O)[O-])ccc1S(=O)(=O)NCC(C)(C)N.Cl. The van der Waals surface area contributed by atoms with E-state index in [-0.39, 0.29) is 29.5 Å². The van der Waals surface area contributed by atoms with Gasteiger partial charge in [-0.1, -0.05) is 0 Å². The molecule has 1 aromatic rings. The molecule has 9 heteroatoms. The lowest BCUT2D eigenvalue weighted by molar-refractivity contribution is -0.385. The number of nitrogens with one attached hydrogen (secondary N) is 1. The Balaban J connectivity index is 0.00000361. The quantitative estimate of drug-likeness (QED) is 0.626. The number of nitro benzene ring substituents is 1. The second-order valence-corrected chi connectivity index (χ2v) is 6.76. The third-order valence-electron chi connectivity index (χ3n) is 2.38. The van der Waals surface area contributed by atoms with E-state index in [2.05, 4.69) is 4.72 Å². The van der Waals surface area contributed by atoms with Crippen LogP contribution in [0.5, 0.6) is 0 Å². The zero-order valence-electron chi connectivity index (χ0n) is 11.4. The molecule has 0 aliphatic rings. The Hall–Kier alpha value is -1.22. The van der Waals surface area contributed by atoms with Crippen molar-refractivity contribution < 1.29 is 13.3 Å². The van der Waals surface area contributed by atoms with E-state index in [0.717, 1.165) is 6.07 Å². The number of hydrogen-bond acceptors (Lipinski definition) is 5. The van der Waals surface area contributed by atoms with Crippen LogP contribution in [0.25, 0.3) is 0 Å². The first-order valence-electron chi connectivity index (χ1n) is 5.56. The smallest absolute Gasteiger partial charge is 0.269 e. The maximum atomic E-state index is 12.0. The minimum absolute atomic E-state index is 0. The second kappa shape index (κ2) is 6.49. The summed E-state index contributed by atoms with van der Waals surface area (Å²) in [6.07, 6.45) is 0. The molecular weight excluding hydrogens is 306 g/mol. The summed E-state index contributed by atoms with van der Waals surface area (Å²) < 4.78 is 26.5. The maximum absolute atomic E-state index is 12.0. The number of benzene rings is 1. The summed E-state index contributed by atoms with van der Waals surface area (Å²) in [5.74, 6) is 0. The minimum atomic E-state index is -3.72. The van der Waals surface area contributed by atoms with Crippen molar-refractivity contribution in [1.29, 1.82) is 0 Å². The largest absolute Gasteiger partial charge is 0.324 e. The Morgan fingerprint density at radius 3 is 2.35 bits per heavy atom. The summed E-state index contributed by atoms with van der Waals surface area (Å²) in [4.78, 5) is 10.0. The van der Waals surface area contributed by atoms with Gasteiger partial charge in [-0.2, -0.15) is 0 Å². The van der Waals surface area contributed by atoms with Crippen LogP contribution in [0.15, 0.2) is 23.1 Å². The van der Waals surface area contributed by atoms with Gasteiger partial charge in [-0.15, -0.1) is 12.4 Å². The Morgan fingerprint density at radius 1 is 1.40 bits per heavy atom. The molecule has 0 atom stereocenters. The van der Waals surface area contributed by atoms with Crippen molar-refractivity contribution in [3.8, 4) is 0 Å². The molecule has 0 radical (unpaired) electrons. The first kappa shape index (κ1) is 18.8. The summed E-state index contributed by atoms with van der Waals surface area (Å²) in [5.41, 5.74) is 5.20. The van der Waals surface area contributed by atoms with E-state index in [1.807, 2.05) is 0 Å². The van der Waals surface area contributed by atoms with Gasteiger partial charge in [-0.25, -0.2) is 13.1 Å². The summed E-state index contributed by atoms with van der Waals surface area (Å²) in [7, 11) is -3.72. The molecule has 1 rings (SSSR count). The number of nitro groups is 1. The molecule has 3 N–H and O–H groups in total. The molecule has 0 spiro atoms. The van der Waals surface area contributed by atoms with Crippen molar-refractivity contribution in [1.82, 2.24) is 4.72 Å². The lowest BCUT2D eigenvalue weighted by Crippen LogP contribution is -2.45. The first-order valence-corrected chi connectivity index (χ1v) is 7.05. The van der Waals surface area contributed by atoms with Gasteiger partial charge in [-0.05, 0) is 32.4 Å². The normalized spacial score (nSPS) is 11.8. The summed E-state index contributed by atoms with van der Waals surface area (Å²) in [5, 5.41) is 10.6. The number of non-ortho nitro benzene ring substituents is 1. The Morgan fingerprint density at radius 2 is 1.95 bits per heavy atom. The fraction of sp³-hybridized carbons (Fsp3) is 0.455. The van der Waals surface area contributed by atoms with Crippen LogP contribution in [0.3, 0.4) is 0 Å². The molecule has 0 fully saturated rings. The van der Waals surface area contributed by atoms with E-state index in [1.165, 1.54) is 19.1 Å². The van der Waals surface area contributed by atoms with Gasteiger partial charge in [0.25, 0.3) is 5.69 Å². The highest BCUT2D eigenvalue weighted by Gasteiger charge is 2.21. The van der Waals surface area contributed by atoms with Gasteiger partial charge in [0.2, 0.25) is 10.0 Å². The number of halogens is 1. The van der Waals surface area contributed by atoms with Gasteiger partial charge in [0.1, 0.15) is 0 Å². The molecule has 0 saturated carbocycles. The topological polar surface area (TPSA) is 115 Å². The predicted molar refractivity (Wildman–Crippen MR) is 78.5 cm³/mol. The van der Waals surface area contributed by atoms with Crippen LogP contribution in [0.1, 0.15) is 19.4 Å². The molecule has 1 aromatic carbocycles. The molecule has 0 bridgehead atoms. The van der Waals surface area contributed by atoms with Crippen LogP contribution in [0.2, 0.25) is 0 Å². The third-order valence-corrected chi connectivity index (χ3v) is 3.94. The highest BCUT2D eigenvalue weighted by atomic mass is 35.5. The summed E-state index contributed by atoms with van der Waals surface area (Å²) in [6.45, 7) is 4.97. The van der Waals surface area contributed by atoms with Gasteiger partial charge in [-0.3, -0.25) is 10.1 Å². The van der Waals surface area contributed by atoms with Crippen molar-refractivity contribution in [3.05, 3.63) is 33.9 Å². The van der Waals surface area contributed by atoms with Crippen LogP contribution in [-0.2, 0) is 10.0 Å². The van der Waals surface area contributed by atoms with Gasteiger partial charge >= 0.3 is 0 Å². The third kappa shape index (κ3) is 5.04. The summed E-state index contributed by atoms with van der Waals surface area (Å²) in [6, 6.07) is 3.61. The zero-order chi connectivity index (χ0) is 14.8. The molecule has 20 heavy (non-hydrogen) atoms. The highest BCUT2D eigenvalue weighted by molar-refractivity contribution is 7.89. The van der Waals surface area contributed by atoms with Gasteiger partial charge in [0.15, 0.2) is 0 Å².